The summed E-state index contributed by atoms with van der Waals surface area (Å²) in [5, 5.41) is 0. The summed E-state index contributed by atoms with van der Waals surface area (Å²) in [4.78, 5) is 13.5. The highest BCUT2D eigenvalue weighted by Gasteiger charge is 2.33. The van der Waals surface area contributed by atoms with Crippen molar-refractivity contribution in [1.82, 2.24) is 4.90 Å². The van der Waals surface area contributed by atoms with Gasteiger partial charge in [0.1, 0.15) is 5.75 Å². The smallest absolute Gasteiger partial charge is 0.416 e. The number of carbonyl (C=O) groups is 1. The lowest BCUT2D eigenvalue weighted by Crippen LogP contribution is -2.31. The maximum Gasteiger partial charge on any atom is 0.416 e. The van der Waals surface area contributed by atoms with E-state index in [9.17, 15) is 18.0 Å². The number of ether oxygens (including phenoxy) is 1. The van der Waals surface area contributed by atoms with Gasteiger partial charge in [0.2, 0.25) is 0 Å². The molecule has 0 saturated carbocycles. The number of likely N-dealkylation sites (N-methyl/N-ethyl adjacent to an activating group) is 1. The molecule has 0 bridgehead atoms. The Morgan fingerprint density at radius 1 is 1.04 bits per heavy atom. The molecule has 0 aromatic heterocycles. The van der Waals surface area contributed by atoms with Crippen molar-refractivity contribution in [3.05, 3.63) is 64.7 Å². The SMILES string of the molecule is Cc1cccc(C)c1OCC(=O)N(C)Cc1ccccc1C(F)(F)F. The Kier molecular flexibility index (Phi) is 5.72. The fraction of sp³-hybridized carbons (Fsp3) is 0.316. The van der Waals surface area contributed by atoms with Crippen molar-refractivity contribution >= 4 is 5.91 Å². The molecule has 0 spiro atoms. The lowest BCUT2D eigenvalue weighted by atomic mass is 10.1. The first kappa shape index (κ1) is 18.8. The van der Waals surface area contributed by atoms with Crippen LogP contribution in [-0.2, 0) is 17.5 Å². The van der Waals surface area contributed by atoms with Crippen molar-refractivity contribution < 1.29 is 22.7 Å². The molecule has 6 heteroatoms. The fourth-order valence-corrected chi connectivity index (χ4v) is 2.55. The number of nitrogens with zero attached hydrogens (tertiary/aromatic N) is 1. The van der Waals surface area contributed by atoms with Crippen LogP contribution in [0.15, 0.2) is 42.5 Å². The van der Waals surface area contributed by atoms with Crippen LogP contribution in [0.3, 0.4) is 0 Å². The third-order valence-corrected chi connectivity index (χ3v) is 3.90. The highest BCUT2D eigenvalue weighted by atomic mass is 19.4. The summed E-state index contributed by atoms with van der Waals surface area (Å²) in [6.45, 7) is 3.38. The highest BCUT2D eigenvalue weighted by molar-refractivity contribution is 5.77. The molecule has 2 aromatic rings. The Labute approximate surface area is 145 Å². The average Bonchev–Trinajstić information content (AvgIpc) is 2.53. The van der Waals surface area contributed by atoms with E-state index in [1.807, 2.05) is 32.0 Å². The third-order valence-electron chi connectivity index (χ3n) is 3.90. The minimum Gasteiger partial charge on any atom is -0.483 e. The molecule has 0 heterocycles. The zero-order chi connectivity index (χ0) is 18.6. The number of hydrogen-bond donors (Lipinski definition) is 0. The number of halogens is 3. The highest BCUT2D eigenvalue weighted by Crippen LogP contribution is 2.32. The van der Waals surface area contributed by atoms with Gasteiger partial charge >= 0.3 is 6.18 Å². The van der Waals surface area contributed by atoms with Crippen molar-refractivity contribution in [3.63, 3.8) is 0 Å². The number of benzene rings is 2. The molecule has 0 atom stereocenters. The van der Waals surface area contributed by atoms with Crippen molar-refractivity contribution in [2.45, 2.75) is 26.6 Å². The lowest BCUT2D eigenvalue weighted by Gasteiger charge is -2.21. The van der Waals surface area contributed by atoms with E-state index in [-0.39, 0.29) is 24.6 Å². The van der Waals surface area contributed by atoms with E-state index in [1.54, 1.807) is 0 Å². The van der Waals surface area contributed by atoms with E-state index in [4.69, 9.17) is 4.74 Å². The van der Waals surface area contributed by atoms with Crippen LogP contribution in [0.25, 0.3) is 0 Å². The molecule has 0 aliphatic heterocycles. The van der Waals surface area contributed by atoms with Gasteiger partial charge in [-0.05, 0) is 36.6 Å². The average molecular weight is 351 g/mol. The number of aryl methyl sites for hydroxylation is 2. The summed E-state index contributed by atoms with van der Waals surface area (Å²) in [6, 6.07) is 10.9. The standard InChI is InChI=1S/C19H20F3NO2/c1-13-7-6-8-14(2)18(13)25-12-17(24)23(3)11-15-9-4-5-10-16(15)19(20,21)22/h4-10H,11-12H2,1-3H3. The minimum absolute atomic E-state index is 0.0536. The van der Waals surface area contributed by atoms with Gasteiger partial charge in [-0.3, -0.25) is 4.79 Å². The van der Waals surface area contributed by atoms with Gasteiger partial charge in [-0.2, -0.15) is 13.2 Å². The molecule has 1 amide bonds. The molecule has 3 nitrogen and oxygen atoms in total. The van der Waals surface area contributed by atoms with Gasteiger partial charge in [0.15, 0.2) is 6.61 Å². The number of alkyl halides is 3. The normalized spacial score (nSPS) is 11.3. The van der Waals surface area contributed by atoms with Gasteiger partial charge in [-0.1, -0.05) is 36.4 Å². The van der Waals surface area contributed by atoms with Gasteiger partial charge in [0.25, 0.3) is 5.91 Å². The zero-order valence-electron chi connectivity index (χ0n) is 14.4. The Morgan fingerprint density at radius 3 is 2.24 bits per heavy atom. The molecule has 134 valence electrons. The van der Waals surface area contributed by atoms with Crippen LogP contribution in [-0.4, -0.2) is 24.5 Å². The monoisotopic (exact) mass is 351 g/mol. The number of amides is 1. The van der Waals surface area contributed by atoms with Crippen LogP contribution >= 0.6 is 0 Å². The Hall–Kier alpha value is -2.50. The molecule has 2 aromatic carbocycles. The summed E-state index contributed by atoms with van der Waals surface area (Å²) in [5.74, 6) is 0.236. The lowest BCUT2D eigenvalue weighted by molar-refractivity contribution is -0.140. The molecule has 0 fully saturated rings. The summed E-state index contributed by atoms with van der Waals surface area (Å²) in [5.41, 5.74) is 1.12. The van der Waals surface area contributed by atoms with E-state index < -0.39 is 11.7 Å². The van der Waals surface area contributed by atoms with Gasteiger partial charge in [-0.15, -0.1) is 0 Å². The van der Waals surface area contributed by atoms with Gasteiger partial charge < -0.3 is 9.64 Å². The molecule has 25 heavy (non-hydrogen) atoms. The van der Waals surface area contributed by atoms with E-state index >= 15 is 0 Å². The van der Waals surface area contributed by atoms with E-state index in [1.165, 1.54) is 30.1 Å². The van der Waals surface area contributed by atoms with Crippen molar-refractivity contribution in [2.24, 2.45) is 0 Å². The summed E-state index contributed by atoms with van der Waals surface area (Å²) >= 11 is 0. The fourth-order valence-electron chi connectivity index (χ4n) is 2.55. The van der Waals surface area contributed by atoms with E-state index in [2.05, 4.69) is 0 Å². The zero-order valence-corrected chi connectivity index (χ0v) is 14.4. The first-order chi connectivity index (χ1) is 11.7. The third kappa shape index (κ3) is 4.75. The van der Waals surface area contributed by atoms with Gasteiger partial charge in [0, 0.05) is 13.6 Å². The Morgan fingerprint density at radius 2 is 1.64 bits per heavy atom. The van der Waals surface area contributed by atoms with E-state index in [0.717, 1.165) is 17.2 Å². The second-order valence-corrected chi connectivity index (χ2v) is 5.91. The maximum absolute atomic E-state index is 13.0. The van der Waals surface area contributed by atoms with Crippen molar-refractivity contribution in [2.75, 3.05) is 13.7 Å². The van der Waals surface area contributed by atoms with Crippen LogP contribution in [0.1, 0.15) is 22.3 Å². The summed E-state index contributed by atoms with van der Waals surface area (Å²) in [7, 11) is 1.46. The first-order valence-electron chi connectivity index (χ1n) is 7.78. The molecule has 0 N–H and O–H groups in total. The molecule has 0 unspecified atom stereocenters. The second-order valence-electron chi connectivity index (χ2n) is 5.91. The van der Waals surface area contributed by atoms with Crippen LogP contribution in [0.2, 0.25) is 0 Å². The molecular weight excluding hydrogens is 331 g/mol. The Bertz CT molecular complexity index is 736. The van der Waals surface area contributed by atoms with Crippen LogP contribution in [0, 0.1) is 13.8 Å². The van der Waals surface area contributed by atoms with Crippen molar-refractivity contribution in [1.29, 1.82) is 0 Å². The number of carbonyl (C=O) groups excluding carboxylic acids is 1. The van der Waals surface area contributed by atoms with Crippen molar-refractivity contribution in [3.8, 4) is 5.75 Å². The number of para-hydroxylation sites is 1. The molecular formula is C19H20F3NO2. The van der Waals surface area contributed by atoms with Crippen LogP contribution < -0.4 is 4.74 Å². The second kappa shape index (κ2) is 7.59. The number of hydrogen-bond acceptors (Lipinski definition) is 2. The predicted octanol–water partition coefficient (Wildman–Crippen LogP) is 4.36. The quantitative estimate of drug-likeness (QED) is 0.801. The summed E-state index contributed by atoms with van der Waals surface area (Å²) in [6.07, 6.45) is -4.45. The molecule has 2 rings (SSSR count). The maximum atomic E-state index is 13.0. The van der Waals surface area contributed by atoms with Gasteiger partial charge in [-0.25, -0.2) is 0 Å². The Balaban J connectivity index is 2.04. The largest absolute Gasteiger partial charge is 0.483 e. The predicted molar refractivity (Wildman–Crippen MR) is 89.3 cm³/mol. The van der Waals surface area contributed by atoms with Gasteiger partial charge in [0.05, 0.1) is 5.56 Å². The van der Waals surface area contributed by atoms with E-state index in [0.29, 0.717) is 5.75 Å². The summed E-state index contributed by atoms with van der Waals surface area (Å²) < 4.78 is 44.7. The minimum atomic E-state index is -4.45. The molecule has 0 saturated heterocycles. The molecule has 0 aliphatic rings. The van der Waals surface area contributed by atoms with Crippen LogP contribution in [0.5, 0.6) is 5.75 Å². The topological polar surface area (TPSA) is 29.5 Å². The molecule has 0 radical (unpaired) electrons. The van der Waals surface area contributed by atoms with Crippen LogP contribution in [0.4, 0.5) is 13.2 Å². The first-order valence-corrected chi connectivity index (χ1v) is 7.78. The number of rotatable bonds is 5. The molecule has 0 aliphatic carbocycles.